The zero-order valence-electron chi connectivity index (χ0n) is 13.7. The average molecular weight is 332 g/mol. The first kappa shape index (κ1) is 17.5. The highest BCUT2D eigenvalue weighted by Gasteiger charge is 2.11. The van der Waals surface area contributed by atoms with Gasteiger partial charge in [-0.3, -0.25) is 4.79 Å². The number of carboxylic acids is 1. The summed E-state index contributed by atoms with van der Waals surface area (Å²) >= 11 is 0. The predicted octanol–water partition coefficient (Wildman–Crippen LogP) is 1.39. The molecule has 0 bridgehead atoms. The summed E-state index contributed by atoms with van der Waals surface area (Å²) in [4.78, 5) is 22.6. The van der Waals surface area contributed by atoms with Crippen molar-refractivity contribution >= 4 is 11.9 Å². The van der Waals surface area contributed by atoms with Gasteiger partial charge in [0.25, 0.3) is 0 Å². The van der Waals surface area contributed by atoms with Gasteiger partial charge in [0, 0.05) is 6.54 Å². The van der Waals surface area contributed by atoms with Crippen molar-refractivity contribution in [3.8, 4) is 5.75 Å². The maximum absolute atomic E-state index is 11.9. The highest BCUT2D eigenvalue weighted by molar-refractivity contribution is 5.84. The predicted molar refractivity (Wildman–Crippen MR) is 85.8 cm³/mol. The molecule has 1 aromatic carbocycles. The van der Waals surface area contributed by atoms with Crippen LogP contribution in [-0.2, 0) is 17.9 Å². The van der Waals surface area contributed by atoms with Gasteiger partial charge < -0.3 is 15.2 Å². The van der Waals surface area contributed by atoms with Crippen LogP contribution in [0.15, 0.2) is 24.4 Å². The van der Waals surface area contributed by atoms with Crippen LogP contribution in [0.25, 0.3) is 0 Å². The van der Waals surface area contributed by atoms with Gasteiger partial charge in [0.05, 0.1) is 12.8 Å². The van der Waals surface area contributed by atoms with Crippen LogP contribution < -0.4 is 10.1 Å². The zero-order valence-corrected chi connectivity index (χ0v) is 13.7. The van der Waals surface area contributed by atoms with E-state index in [2.05, 4.69) is 15.6 Å². The number of ether oxygens (including phenoxy) is 1. The Morgan fingerprint density at radius 2 is 2.17 bits per heavy atom. The fraction of sp³-hybridized carbons (Fsp3) is 0.375. The van der Waals surface area contributed by atoms with Gasteiger partial charge in [0.2, 0.25) is 5.91 Å². The number of carbonyl (C=O) groups excluding carboxylic acids is 1. The van der Waals surface area contributed by atoms with E-state index in [9.17, 15) is 9.59 Å². The smallest absolute Gasteiger partial charge is 0.358 e. The van der Waals surface area contributed by atoms with Crippen LogP contribution in [0, 0.1) is 6.92 Å². The van der Waals surface area contributed by atoms with Gasteiger partial charge in [-0.15, -0.1) is 5.10 Å². The molecular formula is C16H20N4O4. The third-order valence-electron chi connectivity index (χ3n) is 3.33. The molecule has 0 spiro atoms. The van der Waals surface area contributed by atoms with Crippen LogP contribution >= 0.6 is 0 Å². The summed E-state index contributed by atoms with van der Waals surface area (Å²) in [6.07, 6.45) is 2.16. The third-order valence-corrected chi connectivity index (χ3v) is 3.33. The molecule has 0 saturated heterocycles. The Bertz CT molecular complexity index is 727. The minimum Gasteiger partial charge on any atom is -0.494 e. The number of carboxylic acid groups (broad SMARTS) is 1. The Morgan fingerprint density at radius 3 is 2.79 bits per heavy atom. The SMILES string of the molecule is CCCOc1ccc(CNC(=O)Cn2cc(C(=O)O)nn2)c(C)c1. The maximum atomic E-state index is 11.9. The molecule has 2 rings (SSSR count). The Hall–Kier alpha value is -2.90. The summed E-state index contributed by atoms with van der Waals surface area (Å²) in [7, 11) is 0. The number of nitrogens with zero attached hydrogens (tertiary/aromatic N) is 3. The van der Waals surface area contributed by atoms with Crippen LogP contribution in [0.3, 0.4) is 0 Å². The molecule has 0 atom stereocenters. The Morgan fingerprint density at radius 1 is 1.38 bits per heavy atom. The Balaban J connectivity index is 1.87. The number of aromatic carboxylic acids is 1. The molecule has 2 aromatic rings. The minimum atomic E-state index is -1.18. The zero-order chi connectivity index (χ0) is 17.5. The second-order valence-corrected chi connectivity index (χ2v) is 5.32. The van der Waals surface area contributed by atoms with Crippen LogP contribution in [0.2, 0.25) is 0 Å². The van der Waals surface area contributed by atoms with Crippen LogP contribution in [0.1, 0.15) is 35.0 Å². The molecule has 8 nitrogen and oxygen atoms in total. The first-order valence-electron chi connectivity index (χ1n) is 7.62. The van der Waals surface area contributed by atoms with Crippen LogP contribution in [0.4, 0.5) is 0 Å². The molecule has 2 N–H and O–H groups in total. The van der Waals surface area contributed by atoms with Crippen molar-refractivity contribution in [2.75, 3.05) is 6.61 Å². The first-order chi connectivity index (χ1) is 11.5. The van der Waals surface area contributed by atoms with Crippen LogP contribution in [-0.4, -0.2) is 38.6 Å². The normalized spacial score (nSPS) is 10.4. The first-order valence-corrected chi connectivity index (χ1v) is 7.62. The van der Waals surface area contributed by atoms with E-state index in [4.69, 9.17) is 9.84 Å². The number of aromatic nitrogens is 3. The van der Waals surface area contributed by atoms with E-state index in [1.807, 2.05) is 32.0 Å². The second-order valence-electron chi connectivity index (χ2n) is 5.32. The lowest BCUT2D eigenvalue weighted by Crippen LogP contribution is -2.27. The lowest BCUT2D eigenvalue weighted by atomic mass is 10.1. The van der Waals surface area contributed by atoms with Gasteiger partial charge in [-0.05, 0) is 36.6 Å². The van der Waals surface area contributed by atoms with E-state index in [1.165, 1.54) is 10.9 Å². The van der Waals surface area contributed by atoms with Gasteiger partial charge >= 0.3 is 5.97 Å². The summed E-state index contributed by atoms with van der Waals surface area (Å²) < 4.78 is 6.75. The molecule has 1 aromatic heterocycles. The molecule has 0 aliphatic rings. The van der Waals surface area contributed by atoms with Gasteiger partial charge in [-0.1, -0.05) is 18.2 Å². The van der Waals surface area contributed by atoms with Gasteiger partial charge in [0.1, 0.15) is 12.3 Å². The lowest BCUT2D eigenvalue weighted by molar-refractivity contribution is -0.122. The average Bonchev–Trinajstić information content (AvgIpc) is 3.00. The molecule has 0 saturated carbocycles. The quantitative estimate of drug-likeness (QED) is 0.756. The molecule has 1 heterocycles. The fourth-order valence-electron chi connectivity index (χ4n) is 2.05. The summed E-state index contributed by atoms with van der Waals surface area (Å²) in [5.41, 5.74) is 1.82. The highest BCUT2D eigenvalue weighted by Crippen LogP contribution is 2.17. The van der Waals surface area contributed by atoms with E-state index >= 15 is 0 Å². The lowest BCUT2D eigenvalue weighted by Gasteiger charge is -2.10. The fourth-order valence-corrected chi connectivity index (χ4v) is 2.05. The number of aryl methyl sites for hydroxylation is 1. The van der Waals surface area contributed by atoms with Gasteiger partial charge in [-0.25, -0.2) is 9.48 Å². The molecule has 0 aliphatic carbocycles. The summed E-state index contributed by atoms with van der Waals surface area (Å²) in [5, 5.41) is 18.6. The van der Waals surface area contributed by atoms with Crippen molar-refractivity contribution in [1.82, 2.24) is 20.3 Å². The summed E-state index contributed by atoms with van der Waals surface area (Å²) in [6.45, 7) is 4.96. The number of benzene rings is 1. The number of hydrogen-bond acceptors (Lipinski definition) is 5. The molecular weight excluding hydrogens is 312 g/mol. The third kappa shape index (κ3) is 4.80. The molecule has 0 radical (unpaired) electrons. The molecule has 0 fully saturated rings. The van der Waals surface area contributed by atoms with Crippen molar-refractivity contribution in [1.29, 1.82) is 0 Å². The summed E-state index contributed by atoms with van der Waals surface area (Å²) in [6, 6.07) is 5.73. The van der Waals surface area contributed by atoms with Crippen molar-refractivity contribution < 1.29 is 19.4 Å². The summed E-state index contributed by atoms with van der Waals surface area (Å²) in [5.74, 6) is -0.640. The molecule has 8 heteroatoms. The standard InChI is InChI=1S/C16H20N4O4/c1-3-6-24-13-5-4-12(11(2)7-13)8-17-15(21)10-20-9-14(16(22)23)18-19-20/h4-5,7,9H,3,6,8,10H2,1-2H3,(H,17,21)(H,22,23). The Kier molecular flexibility index (Phi) is 5.89. The number of carbonyl (C=O) groups is 2. The van der Waals surface area contributed by atoms with Gasteiger partial charge in [-0.2, -0.15) is 0 Å². The Labute approximate surface area is 139 Å². The van der Waals surface area contributed by atoms with Crippen molar-refractivity contribution in [2.45, 2.75) is 33.4 Å². The highest BCUT2D eigenvalue weighted by atomic mass is 16.5. The van der Waals surface area contributed by atoms with Crippen molar-refractivity contribution in [2.24, 2.45) is 0 Å². The minimum absolute atomic E-state index is 0.0863. The molecule has 1 amide bonds. The van der Waals surface area contributed by atoms with Crippen molar-refractivity contribution in [3.63, 3.8) is 0 Å². The number of nitrogens with one attached hydrogen (secondary N) is 1. The van der Waals surface area contributed by atoms with Gasteiger partial charge in [0.15, 0.2) is 5.69 Å². The number of hydrogen-bond donors (Lipinski definition) is 2. The van der Waals surface area contributed by atoms with Crippen LogP contribution in [0.5, 0.6) is 5.75 Å². The van der Waals surface area contributed by atoms with E-state index < -0.39 is 5.97 Å². The second kappa shape index (κ2) is 8.09. The molecule has 0 unspecified atom stereocenters. The maximum Gasteiger partial charge on any atom is 0.358 e. The number of rotatable bonds is 8. The van der Waals surface area contributed by atoms with E-state index in [1.54, 1.807) is 0 Å². The largest absolute Gasteiger partial charge is 0.494 e. The molecule has 24 heavy (non-hydrogen) atoms. The molecule has 0 aliphatic heterocycles. The monoisotopic (exact) mass is 332 g/mol. The number of amides is 1. The molecule has 128 valence electrons. The van der Waals surface area contributed by atoms with E-state index in [-0.39, 0.29) is 18.1 Å². The van der Waals surface area contributed by atoms with Crippen molar-refractivity contribution in [3.05, 3.63) is 41.2 Å². The van der Waals surface area contributed by atoms with E-state index in [0.717, 1.165) is 23.3 Å². The topological polar surface area (TPSA) is 106 Å². The van der Waals surface area contributed by atoms with E-state index in [0.29, 0.717) is 13.2 Å².